The highest BCUT2D eigenvalue weighted by Gasteiger charge is 2.60. The summed E-state index contributed by atoms with van der Waals surface area (Å²) >= 11 is 1.21. The Morgan fingerprint density at radius 3 is 2.69 bits per heavy atom. The fraction of sp³-hybridized carbons (Fsp3) is 0.909. The highest BCUT2D eigenvalue weighted by Crippen LogP contribution is 2.50. The first-order valence-electron chi connectivity index (χ1n) is 5.54. The summed E-state index contributed by atoms with van der Waals surface area (Å²) in [6, 6.07) is 0. The SMILES string of the molecule is CCCCC1(C(=O)OC)CCSCC1(F)F. The summed E-state index contributed by atoms with van der Waals surface area (Å²) < 4.78 is 32.5. The van der Waals surface area contributed by atoms with Crippen LogP contribution in [0.25, 0.3) is 0 Å². The Morgan fingerprint density at radius 2 is 2.19 bits per heavy atom. The van der Waals surface area contributed by atoms with Crippen LogP contribution in [0.2, 0.25) is 0 Å². The third kappa shape index (κ3) is 2.34. The van der Waals surface area contributed by atoms with Crippen LogP contribution in [0.4, 0.5) is 8.78 Å². The zero-order valence-corrected chi connectivity index (χ0v) is 10.5. The zero-order chi connectivity index (χ0) is 12.2. The van der Waals surface area contributed by atoms with Crippen molar-refractivity contribution in [1.82, 2.24) is 0 Å². The molecule has 1 heterocycles. The number of carbonyl (C=O) groups is 1. The summed E-state index contributed by atoms with van der Waals surface area (Å²) in [5, 5.41) is 0. The molecule has 2 nitrogen and oxygen atoms in total. The summed E-state index contributed by atoms with van der Waals surface area (Å²) in [4.78, 5) is 11.7. The fourth-order valence-corrected chi connectivity index (χ4v) is 3.27. The van der Waals surface area contributed by atoms with Gasteiger partial charge in [-0.3, -0.25) is 4.79 Å². The van der Waals surface area contributed by atoms with Crippen LogP contribution in [0.15, 0.2) is 0 Å². The van der Waals surface area contributed by atoms with Crippen molar-refractivity contribution in [3.8, 4) is 0 Å². The molecule has 94 valence electrons. The normalized spacial score (nSPS) is 28.8. The molecule has 1 atom stereocenters. The Bertz CT molecular complexity index is 258. The molecule has 0 amide bonds. The molecule has 1 aliphatic heterocycles. The summed E-state index contributed by atoms with van der Waals surface area (Å²) in [5.41, 5.74) is -1.58. The van der Waals surface area contributed by atoms with Gasteiger partial charge in [0.05, 0.1) is 12.9 Å². The number of hydrogen-bond donors (Lipinski definition) is 0. The average molecular weight is 252 g/mol. The van der Waals surface area contributed by atoms with E-state index in [1.807, 2.05) is 6.92 Å². The predicted octanol–water partition coefficient (Wildman–Crippen LogP) is 3.11. The minimum absolute atomic E-state index is 0.220. The van der Waals surface area contributed by atoms with Gasteiger partial charge in [0.25, 0.3) is 5.92 Å². The van der Waals surface area contributed by atoms with Crippen molar-refractivity contribution in [1.29, 1.82) is 0 Å². The number of halogens is 2. The number of alkyl halides is 2. The number of unbranched alkanes of at least 4 members (excludes halogenated alkanes) is 1. The van der Waals surface area contributed by atoms with E-state index in [9.17, 15) is 13.6 Å². The fourth-order valence-electron chi connectivity index (χ4n) is 2.10. The number of carbonyl (C=O) groups excluding carboxylic acids is 1. The van der Waals surface area contributed by atoms with Crippen LogP contribution in [-0.4, -0.2) is 30.5 Å². The molecule has 0 radical (unpaired) electrons. The Labute approximate surface area is 99.1 Å². The lowest BCUT2D eigenvalue weighted by atomic mass is 9.74. The first kappa shape index (κ1) is 13.7. The lowest BCUT2D eigenvalue weighted by molar-refractivity contribution is -0.181. The number of rotatable bonds is 4. The molecule has 0 bridgehead atoms. The second kappa shape index (κ2) is 5.34. The van der Waals surface area contributed by atoms with Gasteiger partial charge in [0.2, 0.25) is 0 Å². The molecule has 0 saturated carbocycles. The Hall–Kier alpha value is -0.320. The quantitative estimate of drug-likeness (QED) is 0.719. The van der Waals surface area contributed by atoms with E-state index < -0.39 is 17.3 Å². The Morgan fingerprint density at radius 1 is 1.50 bits per heavy atom. The minimum atomic E-state index is -2.95. The Kier molecular flexibility index (Phi) is 4.59. The molecular formula is C11H18F2O2S. The van der Waals surface area contributed by atoms with E-state index in [2.05, 4.69) is 4.74 Å². The molecular weight excluding hydrogens is 234 g/mol. The van der Waals surface area contributed by atoms with Gasteiger partial charge < -0.3 is 4.74 Å². The molecule has 1 unspecified atom stereocenters. The second-order valence-electron chi connectivity index (χ2n) is 4.18. The van der Waals surface area contributed by atoms with E-state index in [1.165, 1.54) is 18.9 Å². The molecule has 16 heavy (non-hydrogen) atoms. The molecule has 0 aromatic carbocycles. The maximum atomic E-state index is 14.0. The number of methoxy groups -OCH3 is 1. The van der Waals surface area contributed by atoms with Crippen LogP contribution < -0.4 is 0 Å². The van der Waals surface area contributed by atoms with Gasteiger partial charge in [0.15, 0.2) is 0 Å². The summed E-state index contributed by atoms with van der Waals surface area (Å²) in [5.74, 6) is -3.36. The van der Waals surface area contributed by atoms with Crippen LogP contribution in [-0.2, 0) is 9.53 Å². The van der Waals surface area contributed by atoms with Crippen molar-refractivity contribution < 1.29 is 18.3 Å². The van der Waals surface area contributed by atoms with Gasteiger partial charge in [-0.05, 0) is 18.6 Å². The van der Waals surface area contributed by atoms with Gasteiger partial charge in [-0.15, -0.1) is 0 Å². The lowest BCUT2D eigenvalue weighted by Crippen LogP contribution is -2.52. The molecule has 1 saturated heterocycles. The van der Waals surface area contributed by atoms with Gasteiger partial charge in [0, 0.05) is 0 Å². The van der Waals surface area contributed by atoms with Gasteiger partial charge in [-0.2, -0.15) is 11.8 Å². The maximum Gasteiger partial charge on any atom is 0.318 e. The van der Waals surface area contributed by atoms with Crippen LogP contribution in [0.5, 0.6) is 0 Å². The standard InChI is InChI=1S/C11H18F2O2S/c1-3-4-5-10(9(14)15-2)6-7-16-8-11(10,12)13/h3-8H2,1-2H3. The average Bonchev–Trinajstić information content (AvgIpc) is 2.26. The van der Waals surface area contributed by atoms with E-state index >= 15 is 0 Å². The molecule has 0 aliphatic carbocycles. The molecule has 1 aliphatic rings. The monoisotopic (exact) mass is 252 g/mol. The minimum Gasteiger partial charge on any atom is -0.468 e. The van der Waals surface area contributed by atoms with Gasteiger partial charge in [-0.1, -0.05) is 19.8 Å². The van der Waals surface area contributed by atoms with Crippen LogP contribution in [0.1, 0.15) is 32.6 Å². The van der Waals surface area contributed by atoms with E-state index in [0.29, 0.717) is 12.2 Å². The van der Waals surface area contributed by atoms with Crippen molar-refractivity contribution in [3.05, 3.63) is 0 Å². The lowest BCUT2D eigenvalue weighted by Gasteiger charge is -2.41. The van der Waals surface area contributed by atoms with Crippen LogP contribution in [0, 0.1) is 5.41 Å². The third-order valence-electron chi connectivity index (χ3n) is 3.19. The van der Waals surface area contributed by atoms with Crippen LogP contribution in [0.3, 0.4) is 0 Å². The van der Waals surface area contributed by atoms with Crippen molar-refractivity contribution in [3.63, 3.8) is 0 Å². The highest BCUT2D eigenvalue weighted by atomic mass is 32.2. The zero-order valence-electron chi connectivity index (χ0n) is 9.72. The summed E-state index contributed by atoms with van der Waals surface area (Å²) in [6.45, 7) is 1.93. The van der Waals surface area contributed by atoms with Crippen molar-refractivity contribution in [2.45, 2.75) is 38.5 Å². The number of thioether (sulfide) groups is 1. The van der Waals surface area contributed by atoms with Gasteiger partial charge in [-0.25, -0.2) is 8.78 Å². The Balaban J connectivity index is 2.95. The van der Waals surface area contributed by atoms with E-state index in [1.54, 1.807) is 0 Å². The topological polar surface area (TPSA) is 26.3 Å². The molecule has 0 N–H and O–H groups in total. The number of hydrogen-bond acceptors (Lipinski definition) is 3. The second-order valence-corrected chi connectivity index (χ2v) is 5.29. The number of esters is 1. The summed E-state index contributed by atoms with van der Waals surface area (Å²) in [7, 11) is 1.19. The number of ether oxygens (including phenoxy) is 1. The van der Waals surface area contributed by atoms with Gasteiger partial charge >= 0.3 is 5.97 Å². The molecule has 0 spiro atoms. The highest BCUT2D eigenvalue weighted by molar-refractivity contribution is 7.99. The molecule has 0 aromatic rings. The summed E-state index contributed by atoms with van der Waals surface area (Å²) in [6.07, 6.45) is 1.89. The third-order valence-corrected chi connectivity index (χ3v) is 4.25. The van der Waals surface area contributed by atoms with Crippen LogP contribution >= 0.6 is 11.8 Å². The van der Waals surface area contributed by atoms with Crippen molar-refractivity contribution >= 4 is 17.7 Å². The van der Waals surface area contributed by atoms with E-state index in [0.717, 1.165) is 6.42 Å². The van der Waals surface area contributed by atoms with Crippen molar-refractivity contribution in [2.75, 3.05) is 18.6 Å². The van der Waals surface area contributed by atoms with E-state index in [4.69, 9.17) is 0 Å². The molecule has 5 heteroatoms. The van der Waals surface area contributed by atoms with Crippen molar-refractivity contribution in [2.24, 2.45) is 5.41 Å². The maximum absolute atomic E-state index is 14.0. The van der Waals surface area contributed by atoms with E-state index in [-0.39, 0.29) is 18.6 Å². The predicted molar refractivity (Wildman–Crippen MR) is 60.9 cm³/mol. The smallest absolute Gasteiger partial charge is 0.318 e. The molecule has 0 aromatic heterocycles. The van der Waals surface area contributed by atoms with Gasteiger partial charge in [0.1, 0.15) is 5.41 Å². The first-order chi connectivity index (χ1) is 7.50. The molecule has 1 fully saturated rings. The molecule has 1 rings (SSSR count). The first-order valence-corrected chi connectivity index (χ1v) is 6.69. The largest absolute Gasteiger partial charge is 0.468 e.